The Hall–Kier alpha value is -1.10. The molecular weight excluding hydrogens is 242 g/mol. The van der Waals surface area contributed by atoms with Crippen molar-refractivity contribution >= 4 is 11.8 Å². The quantitative estimate of drug-likeness (QED) is 0.814. The summed E-state index contributed by atoms with van der Waals surface area (Å²) in [6.45, 7) is 5.45. The van der Waals surface area contributed by atoms with Gasteiger partial charge in [0.1, 0.15) is 6.04 Å². The average molecular weight is 267 g/mol. The first-order chi connectivity index (χ1) is 9.02. The van der Waals surface area contributed by atoms with E-state index in [-0.39, 0.29) is 30.4 Å². The van der Waals surface area contributed by atoms with Crippen molar-refractivity contribution in [2.24, 2.45) is 0 Å². The summed E-state index contributed by atoms with van der Waals surface area (Å²) in [5.74, 6) is 0.104. The van der Waals surface area contributed by atoms with Gasteiger partial charge in [-0.2, -0.15) is 0 Å². The molecule has 2 aliphatic heterocycles. The first kappa shape index (κ1) is 14.3. The molecule has 0 bridgehead atoms. The SMILES string of the molecule is CCCC1NC(=O)CN(C2CCN(C)C(C)C2)C1=O. The zero-order chi connectivity index (χ0) is 14.0. The number of carbonyl (C=O) groups is 2. The van der Waals surface area contributed by atoms with Crippen LogP contribution in [0.25, 0.3) is 0 Å². The second-order valence-corrected chi connectivity index (χ2v) is 5.88. The van der Waals surface area contributed by atoms with Gasteiger partial charge in [-0.25, -0.2) is 0 Å². The Kier molecular flexibility index (Phi) is 4.45. The van der Waals surface area contributed by atoms with Crippen molar-refractivity contribution in [2.45, 2.75) is 57.7 Å². The van der Waals surface area contributed by atoms with Crippen LogP contribution >= 0.6 is 0 Å². The second-order valence-electron chi connectivity index (χ2n) is 5.88. The van der Waals surface area contributed by atoms with Crippen LogP contribution in [0.5, 0.6) is 0 Å². The van der Waals surface area contributed by atoms with E-state index < -0.39 is 0 Å². The molecule has 0 radical (unpaired) electrons. The predicted molar refractivity (Wildman–Crippen MR) is 73.7 cm³/mol. The molecule has 2 rings (SSSR count). The highest BCUT2D eigenvalue weighted by molar-refractivity contribution is 5.95. The molecule has 0 aromatic rings. The Labute approximate surface area is 115 Å². The van der Waals surface area contributed by atoms with Crippen LogP contribution in [0.4, 0.5) is 0 Å². The first-order valence-electron chi connectivity index (χ1n) is 7.33. The Morgan fingerprint density at radius 3 is 2.74 bits per heavy atom. The van der Waals surface area contributed by atoms with Crippen LogP contribution in [0.15, 0.2) is 0 Å². The molecule has 5 nitrogen and oxygen atoms in total. The summed E-state index contributed by atoms with van der Waals surface area (Å²) in [5, 5.41) is 2.82. The van der Waals surface area contributed by atoms with Gasteiger partial charge in [0, 0.05) is 18.6 Å². The summed E-state index contributed by atoms with van der Waals surface area (Å²) in [6.07, 6.45) is 3.59. The molecule has 3 atom stereocenters. The molecule has 108 valence electrons. The van der Waals surface area contributed by atoms with Gasteiger partial charge in [0.25, 0.3) is 0 Å². The van der Waals surface area contributed by atoms with Gasteiger partial charge in [0.2, 0.25) is 11.8 Å². The zero-order valence-electron chi connectivity index (χ0n) is 12.2. The van der Waals surface area contributed by atoms with Gasteiger partial charge in [-0.05, 0) is 33.2 Å². The Balaban J connectivity index is 2.05. The van der Waals surface area contributed by atoms with E-state index in [4.69, 9.17) is 0 Å². The number of nitrogens with one attached hydrogen (secondary N) is 1. The molecule has 0 aliphatic carbocycles. The van der Waals surface area contributed by atoms with Gasteiger partial charge in [-0.3, -0.25) is 9.59 Å². The Bertz CT molecular complexity index is 359. The monoisotopic (exact) mass is 267 g/mol. The van der Waals surface area contributed by atoms with E-state index >= 15 is 0 Å². The maximum Gasteiger partial charge on any atom is 0.245 e. The summed E-state index contributed by atoms with van der Waals surface area (Å²) >= 11 is 0. The van der Waals surface area contributed by atoms with E-state index in [2.05, 4.69) is 24.2 Å². The maximum atomic E-state index is 12.4. The summed E-state index contributed by atoms with van der Waals surface area (Å²) in [7, 11) is 2.12. The molecule has 0 saturated carbocycles. The highest BCUT2D eigenvalue weighted by Gasteiger charge is 2.38. The fourth-order valence-corrected chi connectivity index (χ4v) is 3.08. The van der Waals surface area contributed by atoms with Crippen molar-refractivity contribution in [3.63, 3.8) is 0 Å². The van der Waals surface area contributed by atoms with E-state index in [9.17, 15) is 9.59 Å². The molecular formula is C14H25N3O2. The van der Waals surface area contributed by atoms with E-state index in [1.807, 2.05) is 11.8 Å². The molecule has 0 aromatic heterocycles. The number of likely N-dealkylation sites (tertiary alicyclic amines) is 1. The topological polar surface area (TPSA) is 52.7 Å². The molecule has 0 aromatic carbocycles. The molecule has 3 unspecified atom stereocenters. The number of piperazine rings is 1. The van der Waals surface area contributed by atoms with Gasteiger partial charge >= 0.3 is 0 Å². The fourth-order valence-electron chi connectivity index (χ4n) is 3.08. The molecule has 2 fully saturated rings. The van der Waals surface area contributed by atoms with Crippen molar-refractivity contribution in [3.8, 4) is 0 Å². The first-order valence-corrected chi connectivity index (χ1v) is 7.33. The zero-order valence-corrected chi connectivity index (χ0v) is 12.2. The van der Waals surface area contributed by atoms with Gasteiger partial charge in [-0.1, -0.05) is 13.3 Å². The maximum absolute atomic E-state index is 12.4. The van der Waals surface area contributed by atoms with Crippen molar-refractivity contribution in [2.75, 3.05) is 20.1 Å². The number of hydrogen-bond acceptors (Lipinski definition) is 3. The lowest BCUT2D eigenvalue weighted by Gasteiger charge is -2.43. The van der Waals surface area contributed by atoms with E-state index in [0.29, 0.717) is 6.04 Å². The lowest BCUT2D eigenvalue weighted by molar-refractivity contribution is -0.148. The number of carbonyl (C=O) groups excluding carboxylic acids is 2. The minimum atomic E-state index is -0.304. The predicted octanol–water partition coefficient (Wildman–Crippen LogP) is 0.596. The molecule has 2 saturated heterocycles. The number of nitrogens with zero attached hydrogens (tertiary/aromatic N) is 2. The highest BCUT2D eigenvalue weighted by atomic mass is 16.2. The molecule has 2 heterocycles. The lowest BCUT2D eigenvalue weighted by atomic mass is 9.95. The summed E-state index contributed by atoms with van der Waals surface area (Å²) in [6, 6.07) is 0.395. The van der Waals surface area contributed by atoms with Crippen LogP contribution in [-0.2, 0) is 9.59 Å². The molecule has 0 spiro atoms. The second kappa shape index (κ2) is 5.90. The van der Waals surface area contributed by atoms with Crippen LogP contribution in [0.2, 0.25) is 0 Å². The van der Waals surface area contributed by atoms with Crippen LogP contribution in [0, 0.1) is 0 Å². The van der Waals surface area contributed by atoms with Crippen molar-refractivity contribution in [1.29, 1.82) is 0 Å². The van der Waals surface area contributed by atoms with Gasteiger partial charge in [0.05, 0.1) is 6.54 Å². The summed E-state index contributed by atoms with van der Waals surface area (Å²) in [5.41, 5.74) is 0. The van der Waals surface area contributed by atoms with Gasteiger partial charge < -0.3 is 15.1 Å². The normalized spacial score (nSPS) is 33.4. The van der Waals surface area contributed by atoms with Gasteiger partial charge in [-0.15, -0.1) is 0 Å². The third-order valence-corrected chi connectivity index (χ3v) is 4.43. The van der Waals surface area contributed by atoms with E-state index in [0.717, 1.165) is 32.2 Å². The van der Waals surface area contributed by atoms with Crippen molar-refractivity contribution < 1.29 is 9.59 Å². The van der Waals surface area contributed by atoms with Crippen LogP contribution in [0.3, 0.4) is 0 Å². The van der Waals surface area contributed by atoms with Crippen LogP contribution in [-0.4, -0.2) is 59.9 Å². The van der Waals surface area contributed by atoms with Gasteiger partial charge in [0.15, 0.2) is 0 Å². The van der Waals surface area contributed by atoms with Crippen molar-refractivity contribution in [3.05, 3.63) is 0 Å². The number of rotatable bonds is 3. The molecule has 2 aliphatic rings. The smallest absolute Gasteiger partial charge is 0.245 e. The van der Waals surface area contributed by atoms with Crippen LogP contribution in [0.1, 0.15) is 39.5 Å². The van der Waals surface area contributed by atoms with Crippen molar-refractivity contribution in [1.82, 2.24) is 15.1 Å². The number of amides is 2. The summed E-state index contributed by atoms with van der Waals surface area (Å²) in [4.78, 5) is 28.4. The minimum absolute atomic E-state index is 0.00960. The molecule has 19 heavy (non-hydrogen) atoms. The largest absolute Gasteiger partial charge is 0.343 e. The molecule has 5 heteroatoms. The van der Waals surface area contributed by atoms with Crippen LogP contribution < -0.4 is 5.32 Å². The summed E-state index contributed by atoms with van der Waals surface area (Å²) < 4.78 is 0. The van der Waals surface area contributed by atoms with E-state index in [1.165, 1.54) is 0 Å². The Morgan fingerprint density at radius 1 is 1.37 bits per heavy atom. The number of piperidine rings is 1. The molecule has 2 amide bonds. The fraction of sp³-hybridized carbons (Fsp3) is 0.857. The number of hydrogen-bond donors (Lipinski definition) is 1. The van der Waals surface area contributed by atoms with E-state index in [1.54, 1.807) is 0 Å². The lowest BCUT2D eigenvalue weighted by Crippen LogP contribution is -2.62. The third kappa shape index (κ3) is 3.08. The standard InChI is InChI=1S/C14H25N3O2/c1-4-5-12-14(19)17(9-13(18)15-12)11-6-7-16(3)10(2)8-11/h10-12H,4-9H2,1-3H3,(H,15,18). The third-order valence-electron chi connectivity index (χ3n) is 4.43. The minimum Gasteiger partial charge on any atom is -0.343 e. The Morgan fingerprint density at radius 2 is 2.11 bits per heavy atom. The molecule has 1 N–H and O–H groups in total. The average Bonchev–Trinajstić information content (AvgIpc) is 2.37. The highest BCUT2D eigenvalue weighted by Crippen LogP contribution is 2.23.